The van der Waals surface area contributed by atoms with Crippen LogP contribution in [0.5, 0.6) is 5.75 Å². The van der Waals surface area contributed by atoms with E-state index in [9.17, 15) is 8.42 Å². The van der Waals surface area contributed by atoms with Gasteiger partial charge in [-0.15, -0.1) is 0 Å². The van der Waals surface area contributed by atoms with E-state index in [4.69, 9.17) is 9.47 Å². The molecule has 3 aliphatic rings. The Kier molecular flexibility index (Phi) is 3.32. The maximum Gasteiger partial charge on any atom is 0.304 e. The molecule has 1 spiro atoms. The molecule has 0 aromatic heterocycles. The largest absolute Gasteiger partial charge is 0.483 e. The van der Waals surface area contributed by atoms with E-state index in [0.29, 0.717) is 44.3 Å². The monoisotopic (exact) mass is 324 g/mol. The molecule has 0 radical (unpaired) electrons. The second-order valence-electron chi connectivity index (χ2n) is 6.13. The average Bonchev–Trinajstić information content (AvgIpc) is 3.30. The number of hydrogen-bond donors (Lipinski definition) is 0. The van der Waals surface area contributed by atoms with Crippen LogP contribution in [-0.2, 0) is 14.9 Å². The molecule has 2 fully saturated rings. The van der Waals surface area contributed by atoms with E-state index in [2.05, 4.69) is 0 Å². The Hall–Kier alpha value is -1.31. The van der Waals surface area contributed by atoms with Gasteiger partial charge >= 0.3 is 10.2 Å². The number of fused-ring (bicyclic) bond motifs is 1. The van der Waals surface area contributed by atoms with E-state index < -0.39 is 10.2 Å². The summed E-state index contributed by atoms with van der Waals surface area (Å²) in [6, 6.07) is 7.39. The number of rotatable bonds is 2. The first kappa shape index (κ1) is 14.3. The highest BCUT2D eigenvalue weighted by Gasteiger charge is 2.53. The molecule has 1 saturated heterocycles. The summed E-state index contributed by atoms with van der Waals surface area (Å²) in [4.78, 5) is 0. The Morgan fingerprint density at radius 3 is 2.73 bits per heavy atom. The quantitative estimate of drug-likeness (QED) is 0.825. The molecule has 6 nitrogen and oxygen atoms in total. The molecule has 2 aliphatic heterocycles. The minimum Gasteiger partial charge on any atom is -0.483 e. The predicted octanol–water partition coefficient (Wildman–Crippen LogP) is 1.39. The first-order valence-electron chi connectivity index (χ1n) is 7.74. The SMILES string of the molecule is O=S(=O)(N1CCCOCC1)N1CC2(CC2)Oc2ccccc21. The van der Waals surface area contributed by atoms with Gasteiger partial charge in [0.05, 0.1) is 18.8 Å². The zero-order valence-electron chi connectivity index (χ0n) is 12.4. The molecule has 0 unspecified atom stereocenters. The van der Waals surface area contributed by atoms with Crippen LogP contribution in [0.2, 0.25) is 0 Å². The van der Waals surface area contributed by atoms with E-state index in [-0.39, 0.29) is 5.60 Å². The third-order valence-corrected chi connectivity index (χ3v) is 6.39. The van der Waals surface area contributed by atoms with Gasteiger partial charge in [0, 0.05) is 19.7 Å². The molecule has 4 rings (SSSR count). The molecule has 0 amide bonds. The van der Waals surface area contributed by atoms with Gasteiger partial charge in [-0.05, 0) is 31.4 Å². The van der Waals surface area contributed by atoms with Crippen LogP contribution in [0.3, 0.4) is 0 Å². The Bertz CT molecular complexity index is 664. The molecule has 22 heavy (non-hydrogen) atoms. The lowest BCUT2D eigenvalue weighted by atomic mass is 10.2. The molecule has 7 heteroatoms. The second-order valence-corrected chi connectivity index (χ2v) is 7.99. The van der Waals surface area contributed by atoms with Gasteiger partial charge in [-0.1, -0.05) is 12.1 Å². The maximum atomic E-state index is 13.1. The Morgan fingerprint density at radius 1 is 1.09 bits per heavy atom. The van der Waals surface area contributed by atoms with E-state index in [1.807, 2.05) is 24.3 Å². The fourth-order valence-corrected chi connectivity index (χ4v) is 4.80. The molecule has 0 N–H and O–H groups in total. The number of nitrogens with zero attached hydrogens (tertiary/aromatic N) is 2. The molecule has 1 aromatic rings. The minimum absolute atomic E-state index is 0.316. The van der Waals surface area contributed by atoms with Gasteiger partial charge in [0.25, 0.3) is 0 Å². The lowest BCUT2D eigenvalue weighted by Crippen LogP contribution is -2.51. The first-order valence-corrected chi connectivity index (χ1v) is 9.14. The summed E-state index contributed by atoms with van der Waals surface area (Å²) in [5.41, 5.74) is 0.328. The van der Waals surface area contributed by atoms with Gasteiger partial charge < -0.3 is 9.47 Å². The van der Waals surface area contributed by atoms with Crippen molar-refractivity contribution in [3.05, 3.63) is 24.3 Å². The number of hydrogen-bond acceptors (Lipinski definition) is 4. The molecule has 1 aromatic carbocycles. The standard InChI is InChI=1S/C15H20N2O4S/c18-22(19,16-8-3-10-20-11-9-16)17-12-15(6-7-15)21-14-5-2-1-4-13(14)17/h1-2,4-5H,3,6-12H2. The number of benzene rings is 1. The van der Waals surface area contributed by atoms with Crippen molar-refractivity contribution in [1.82, 2.24) is 4.31 Å². The normalized spacial score (nSPS) is 24.5. The third-order valence-electron chi connectivity index (χ3n) is 4.49. The number of anilines is 1. The van der Waals surface area contributed by atoms with Gasteiger partial charge in [0.2, 0.25) is 0 Å². The van der Waals surface area contributed by atoms with Crippen molar-refractivity contribution >= 4 is 15.9 Å². The minimum atomic E-state index is -3.55. The van der Waals surface area contributed by atoms with Crippen molar-refractivity contribution in [2.24, 2.45) is 0 Å². The lowest BCUT2D eigenvalue weighted by Gasteiger charge is -2.38. The van der Waals surface area contributed by atoms with Crippen molar-refractivity contribution < 1.29 is 17.9 Å². The molecular weight excluding hydrogens is 304 g/mol. The van der Waals surface area contributed by atoms with Crippen LogP contribution in [-0.4, -0.2) is 51.2 Å². The maximum absolute atomic E-state index is 13.1. The van der Waals surface area contributed by atoms with Gasteiger partial charge in [-0.3, -0.25) is 0 Å². The summed E-state index contributed by atoms with van der Waals surface area (Å²) < 4.78 is 40.7. The summed E-state index contributed by atoms with van der Waals surface area (Å²) in [6.45, 7) is 2.40. The Labute approximate surface area is 130 Å². The van der Waals surface area contributed by atoms with Gasteiger partial charge in [0.1, 0.15) is 11.4 Å². The molecule has 0 atom stereocenters. The topological polar surface area (TPSA) is 59.1 Å². The van der Waals surface area contributed by atoms with E-state index in [0.717, 1.165) is 19.3 Å². The fraction of sp³-hybridized carbons (Fsp3) is 0.600. The van der Waals surface area contributed by atoms with Crippen LogP contribution < -0.4 is 9.04 Å². The predicted molar refractivity (Wildman–Crippen MR) is 82.3 cm³/mol. The molecular formula is C15H20N2O4S. The summed E-state index contributed by atoms with van der Waals surface area (Å²) in [6.07, 6.45) is 2.56. The Balaban J connectivity index is 1.71. The second kappa shape index (κ2) is 5.11. The van der Waals surface area contributed by atoms with Gasteiger partial charge in [-0.2, -0.15) is 12.7 Å². The van der Waals surface area contributed by atoms with Crippen molar-refractivity contribution in [3.63, 3.8) is 0 Å². The summed E-state index contributed by atoms with van der Waals surface area (Å²) in [5.74, 6) is 0.667. The third kappa shape index (κ3) is 2.37. The van der Waals surface area contributed by atoms with E-state index >= 15 is 0 Å². The highest BCUT2D eigenvalue weighted by atomic mass is 32.2. The Morgan fingerprint density at radius 2 is 1.91 bits per heavy atom. The van der Waals surface area contributed by atoms with Crippen molar-refractivity contribution in [2.75, 3.05) is 37.2 Å². The van der Waals surface area contributed by atoms with Crippen LogP contribution in [0.1, 0.15) is 19.3 Å². The van der Waals surface area contributed by atoms with Crippen molar-refractivity contribution in [2.45, 2.75) is 24.9 Å². The van der Waals surface area contributed by atoms with Crippen LogP contribution in [0.25, 0.3) is 0 Å². The van der Waals surface area contributed by atoms with E-state index in [1.54, 1.807) is 0 Å². The highest BCUT2D eigenvalue weighted by molar-refractivity contribution is 7.90. The van der Waals surface area contributed by atoms with Crippen LogP contribution in [0.15, 0.2) is 24.3 Å². The zero-order chi connectivity index (χ0) is 15.2. The van der Waals surface area contributed by atoms with Gasteiger partial charge in [-0.25, -0.2) is 4.31 Å². The molecule has 1 saturated carbocycles. The summed E-state index contributed by atoms with van der Waals surface area (Å²) in [7, 11) is -3.55. The lowest BCUT2D eigenvalue weighted by molar-refractivity contribution is 0.148. The van der Waals surface area contributed by atoms with E-state index in [1.165, 1.54) is 8.61 Å². The summed E-state index contributed by atoms with van der Waals surface area (Å²) >= 11 is 0. The van der Waals surface area contributed by atoms with Crippen LogP contribution in [0, 0.1) is 0 Å². The van der Waals surface area contributed by atoms with Crippen molar-refractivity contribution in [3.8, 4) is 5.75 Å². The molecule has 1 aliphatic carbocycles. The average molecular weight is 324 g/mol. The van der Waals surface area contributed by atoms with Crippen molar-refractivity contribution in [1.29, 1.82) is 0 Å². The van der Waals surface area contributed by atoms with Gasteiger partial charge in [0.15, 0.2) is 0 Å². The number of para-hydroxylation sites is 2. The zero-order valence-corrected chi connectivity index (χ0v) is 13.2. The van der Waals surface area contributed by atoms with Crippen LogP contribution >= 0.6 is 0 Å². The summed E-state index contributed by atoms with van der Waals surface area (Å²) in [5, 5.41) is 0. The first-order chi connectivity index (χ1) is 10.6. The molecule has 0 bridgehead atoms. The molecule has 2 heterocycles. The smallest absolute Gasteiger partial charge is 0.304 e. The fourth-order valence-electron chi connectivity index (χ4n) is 3.06. The molecule has 120 valence electrons. The van der Waals surface area contributed by atoms with Crippen LogP contribution in [0.4, 0.5) is 5.69 Å². The highest BCUT2D eigenvalue weighted by Crippen LogP contribution is 2.49. The number of ether oxygens (including phenoxy) is 2.